The van der Waals surface area contributed by atoms with Crippen LogP contribution in [-0.2, 0) is 11.2 Å². The van der Waals surface area contributed by atoms with Crippen LogP contribution in [-0.4, -0.2) is 34.9 Å². The quantitative estimate of drug-likeness (QED) is 0.717. The van der Waals surface area contributed by atoms with Crippen LogP contribution in [0.1, 0.15) is 12.2 Å². The van der Waals surface area contributed by atoms with Crippen LogP contribution >= 0.6 is 0 Å². The molecule has 1 N–H and O–H groups in total. The number of rotatable bonds is 5. The van der Waals surface area contributed by atoms with E-state index >= 15 is 0 Å². The first kappa shape index (κ1) is 10.1. The molecule has 0 aliphatic heterocycles. The second-order valence-electron chi connectivity index (χ2n) is 2.74. The van der Waals surface area contributed by atoms with Gasteiger partial charge in [-0.05, 0) is 12.5 Å². The number of aryl methyl sites for hydroxylation is 1. The monoisotopic (exact) mass is 182 g/mol. The van der Waals surface area contributed by atoms with Gasteiger partial charge in [0.05, 0.1) is 12.7 Å². The molecule has 0 saturated heterocycles. The third-order valence-corrected chi connectivity index (χ3v) is 1.85. The standard InChI is InChI=1S/C9H14N2O2/c1-13-8(7-12)3-4-9-10-5-2-6-11-9/h2,5-6,8,12H,3-4,7H2,1H3/t8-/m0/s1. The van der Waals surface area contributed by atoms with Crippen molar-refractivity contribution in [3.05, 3.63) is 24.3 Å². The molecule has 1 heterocycles. The van der Waals surface area contributed by atoms with Gasteiger partial charge in [-0.25, -0.2) is 9.97 Å². The zero-order valence-corrected chi connectivity index (χ0v) is 7.68. The molecule has 4 heteroatoms. The Morgan fingerprint density at radius 1 is 1.46 bits per heavy atom. The van der Waals surface area contributed by atoms with E-state index in [4.69, 9.17) is 9.84 Å². The Labute approximate surface area is 77.6 Å². The number of aliphatic hydroxyl groups is 1. The molecule has 0 radical (unpaired) electrons. The number of aliphatic hydroxyl groups excluding tert-OH is 1. The van der Waals surface area contributed by atoms with E-state index in [2.05, 4.69) is 9.97 Å². The van der Waals surface area contributed by atoms with Crippen LogP contribution in [0.2, 0.25) is 0 Å². The van der Waals surface area contributed by atoms with Gasteiger partial charge in [-0.1, -0.05) is 0 Å². The van der Waals surface area contributed by atoms with Crippen LogP contribution in [0, 0.1) is 0 Å². The van der Waals surface area contributed by atoms with Crippen LogP contribution in [0.5, 0.6) is 0 Å². The average molecular weight is 182 g/mol. The first-order chi connectivity index (χ1) is 6.36. The first-order valence-electron chi connectivity index (χ1n) is 4.26. The lowest BCUT2D eigenvalue weighted by Crippen LogP contribution is -2.16. The molecule has 0 fully saturated rings. The van der Waals surface area contributed by atoms with Crippen molar-refractivity contribution in [1.29, 1.82) is 0 Å². The van der Waals surface area contributed by atoms with Gasteiger partial charge in [0.25, 0.3) is 0 Å². The summed E-state index contributed by atoms with van der Waals surface area (Å²) in [7, 11) is 1.59. The van der Waals surface area contributed by atoms with E-state index in [9.17, 15) is 0 Å². The van der Waals surface area contributed by atoms with Crippen molar-refractivity contribution >= 4 is 0 Å². The number of aromatic nitrogens is 2. The molecule has 1 atom stereocenters. The topological polar surface area (TPSA) is 55.2 Å². The minimum atomic E-state index is -0.108. The number of hydrogen-bond donors (Lipinski definition) is 1. The fourth-order valence-electron chi connectivity index (χ4n) is 1.03. The van der Waals surface area contributed by atoms with Crippen molar-refractivity contribution in [3.63, 3.8) is 0 Å². The Morgan fingerprint density at radius 3 is 2.69 bits per heavy atom. The summed E-state index contributed by atoms with van der Waals surface area (Å²) < 4.78 is 5.02. The van der Waals surface area contributed by atoms with Gasteiger partial charge in [-0.2, -0.15) is 0 Å². The number of methoxy groups -OCH3 is 1. The summed E-state index contributed by atoms with van der Waals surface area (Å²) in [5.41, 5.74) is 0. The normalized spacial score (nSPS) is 12.8. The molecule has 1 aromatic heterocycles. The fourth-order valence-corrected chi connectivity index (χ4v) is 1.03. The summed E-state index contributed by atoms with van der Waals surface area (Å²) >= 11 is 0. The SMILES string of the molecule is CO[C@H](CO)CCc1ncccn1. The van der Waals surface area contributed by atoms with E-state index in [1.165, 1.54) is 0 Å². The minimum absolute atomic E-state index is 0.0450. The van der Waals surface area contributed by atoms with E-state index in [0.717, 1.165) is 18.7 Å². The molecule has 0 aromatic carbocycles. The second-order valence-corrected chi connectivity index (χ2v) is 2.74. The first-order valence-corrected chi connectivity index (χ1v) is 4.26. The second kappa shape index (κ2) is 5.61. The van der Waals surface area contributed by atoms with E-state index in [0.29, 0.717) is 0 Å². The van der Waals surface area contributed by atoms with E-state index in [-0.39, 0.29) is 12.7 Å². The average Bonchev–Trinajstić information content (AvgIpc) is 2.21. The molecule has 0 bridgehead atoms. The Morgan fingerprint density at radius 2 is 2.15 bits per heavy atom. The predicted molar refractivity (Wildman–Crippen MR) is 48.2 cm³/mol. The summed E-state index contributed by atoms with van der Waals surface area (Å²) in [6.45, 7) is 0.0450. The Bertz CT molecular complexity index is 224. The molecule has 1 rings (SSSR count). The highest BCUT2D eigenvalue weighted by Gasteiger charge is 2.06. The molecular formula is C9H14N2O2. The van der Waals surface area contributed by atoms with Gasteiger partial charge >= 0.3 is 0 Å². The lowest BCUT2D eigenvalue weighted by molar-refractivity contribution is 0.0432. The van der Waals surface area contributed by atoms with E-state index < -0.39 is 0 Å². The third-order valence-electron chi connectivity index (χ3n) is 1.85. The van der Waals surface area contributed by atoms with E-state index in [1.807, 2.05) is 0 Å². The van der Waals surface area contributed by atoms with Crippen molar-refractivity contribution in [3.8, 4) is 0 Å². The van der Waals surface area contributed by atoms with Gasteiger partial charge in [0.15, 0.2) is 0 Å². The molecule has 1 aromatic rings. The van der Waals surface area contributed by atoms with Crippen molar-refractivity contribution in [2.75, 3.05) is 13.7 Å². The summed E-state index contributed by atoms with van der Waals surface area (Å²) in [5.74, 6) is 0.790. The number of ether oxygens (including phenoxy) is 1. The summed E-state index contributed by atoms with van der Waals surface area (Å²) in [4.78, 5) is 8.14. The highest BCUT2D eigenvalue weighted by Crippen LogP contribution is 2.01. The maximum atomic E-state index is 8.84. The number of hydrogen-bond acceptors (Lipinski definition) is 4. The highest BCUT2D eigenvalue weighted by molar-refractivity contribution is 4.88. The molecule has 72 valence electrons. The molecule has 4 nitrogen and oxygen atoms in total. The Balaban J connectivity index is 2.34. The van der Waals surface area contributed by atoms with Crippen molar-refractivity contribution < 1.29 is 9.84 Å². The van der Waals surface area contributed by atoms with Crippen LogP contribution in [0.15, 0.2) is 18.5 Å². The fraction of sp³-hybridized carbons (Fsp3) is 0.556. The van der Waals surface area contributed by atoms with Crippen LogP contribution in [0.4, 0.5) is 0 Å². The molecule has 0 unspecified atom stereocenters. The molecule has 13 heavy (non-hydrogen) atoms. The molecular weight excluding hydrogens is 168 g/mol. The smallest absolute Gasteiger partial charge is 0.128 e. The minimum Gasteiger partial charge on any atom is -0.394 e. The van der Waals surface area contributed by atoms with Crippen molar-refractivity contribution in [1.82, 2.24) is 9.97 Å². The lowest BCUT2D eigenvalue weighted by Gasteiger charge is -2.10. The maximum absolute atomic E-state index is 8.84. The predicted octanol–water partition coefficient (Wildman–Crippen LogP) is 0.417. The zero-order valence-electron chi connectivity index (χ0n) is 7.68. The van der Waals surface area contributed by atoms with Gasteiger partial charge in [0.1, 0.15) is 5.82 Å². The largest absolute Gasteiger partial charge is 0.394 e. The highest BCUT2D eigenvalue weighted by atomic mass is 16.5. The Hall–Kier alpha value is -1.00. The van der Waals surface area contributed by atoms with Crippen LogP contribution in [0.3, 0.4) is 0 Å². The molecule has 0 saturated carbocycles. The van der Waals surface area contributed by atoms with Crippen molar-refractivity contribution in [2.45, 2.75) is 18.9 Å². The third kappa shape index (κ3) is 3.48. The Kier molecular flexibility index (Phi) is 4.35. The van der Waals surface area contributed by atoms with Crippen LogP contribution < -0.4 is 0 Å². The van der Waals surface area contributed by atoms with E-state index in [1.54, 1.807) is 25.6 Å². The van der Waals surface area contributed by atoms with Crippen LogP contribution in [0.25, 0.3) is 0 Å². The maximum Gasteiger partial charge on any atom is 0.128 e. The number of nitrogens with zero attached hydrogens (tertiary/aromatic N) is 2. The van der Waals surface area contributed by atoms with Gasteiger partial charge in [0, 0.05) is 25.9 Å². The van der Waals surface area contributed by atoms with Gasteiger partial charge in [0.2, 0.25) is 0 Å². The molecule has 0 aliphatic carbocycles. The molecule has 0 amide bonds. The summed E-state index contributed by atoms with van der Waals surface area (Å²) in [6, 6.07) is 1.78. The van der Waals surface area contributed by atoms with Gasteiger partial charge in [-0.3, -0.25) is 0 Å². The lowest BCUT2D eigenvalue weighted by atomic mass is 10.2. The van der Waals surface area contributed by atoms with Crippen molar-refractivity contribution in [2.24, 2.45) is 0 Å². The molecule has 0 spiro atoms. The van der Waals surface area contributed by atoms with Gasteiger partial charge < -0.3 is 9.84 Å². The van der Waals surface area contributed by atoms with Gasteiger partial charge in [-0.15, -0.1) is 0 Å². The summed E-state index contributed by atoms with van der Waals surface area (Å²) in [5, 5.41) is 8.84. The zero-order chi connectivity index (χ0) is 9.52. The summed E-state index contributed by atoms with van der Waals surface area (Å²) in [6.07, 6.45) is 4.80. The molecule has 0 aliphatic rings.